The van der Waals surface area contributed by atoms with E-state index in [-0.39, 0.29) is 12.5 Å². The quantitative estimate of drug-likeness (QED) is 0.782. The first kappa shape index (κ1) is 10.6. The highest BCUT2D eigenvalue weighted by atomic mass is 16.1. The fourth-order valence-corrected chi connectivity index (χ4v) is 1.50. The zero-order valence-electron chi connectivity index (χ0n) is 8.87. The van der Waals surface area contributed by atoms with Gasteiger partial charge in [-0.2, -0.15) is 0 Å². The third-order valence-electron chi connectivity index (χ3n) is 2.04. The average molecular weight is 192 g/mol. The SMILES string of the molecule is Cc1cc(C)cc(N(C)CC(N)=O)c1. The molecule has 0 aromatic heterocycles. The summed E-state index contributed by atoms with van der Waals surface area (Å²) in [6.07, 6.45) is 0. The average Bonchev–Trinajstić information content (AvgIpc) is 2.00. The molecule has 1 aromatic rings. The number of carbonyl (C=O) groups is 1. The van der Waals surface area contributed by atoms with Gasteiger partial charge in [0.05, 0.1) is 6.54 Å². The van der Waals surface area contributed by atoms with Gasteiger partial charge in [-0.3, -0.25) is 4.79 Å². The van der Waals surface area contributed by atoms with Gasteiger partial charge < -0.3 is 10.6 Å². The number of carbonyl (C=O) groups excluding carboxylic acids is 1. The number of likely N-dealkylation sites (N-methyl/N-ethyl adjacent to an activating group) is 1. The van der Waals surface area contributed by atoms with Crippen molar-refractivity contribution in [2.24, 2.45) is 5.73 Å². The normalized spacial score (nSPS) is 9.93. The van der Waals surface area contributed by atoms with E-state index in [4.69, 9.17) is 5.73 Å². The Labute approximate surface area is 84.5 Å². The molecule has 1 rings (SSSR count). The van der Waals surface area contributed by atoms with Gasteiger partial charge in [0.2, 0.25) is 5.91 Å². The van der Waals surface area contributed by atoms with Crippen LogP contribution in [-0.4, -0.2) is 19.5 Å². The fourth-order valence-electron chi connectivity index (χ4n) is 1.50. The Morgan fingerprint density at radius 1 is 1.29 bits per heavy atom. The van der Waals surface area contributed by atoms with Crippen LogP contribution in [0.5, 0.6) is 0 Å². The van der Waals surface area contributed by atoms with Gasteiger partial charge in [-0.1, -0.05) is 6.07 Å². The molecule has 0 fully saturated rings. The van der Waals surface area contributed by atoms with Gasteiger partial charge in [0.15, 0.2) is 0 Å². The van der Waals surface area contributed by atoms with Crippen LogP contribution in [0.15, 0.2) is 18.2 Å². The Hall–Kier alpha value is -1.51. The van der Waals surface area contributed by atoms with Gasteiger partial charge in [-0.15, -0.1) is 0 Å². The van der Waals surface area contributed by atoms with Gasteiger partial charge in [-0.25, -0.2) is 0 Å². The molecule has 3 heteroatoms. The highest BCUT2D eigenvalue weighted by molar-refractivity contribution is 5.79. The molecule has 3 nitrogen and oxygen atoms in total. The summed E-state index contributed by atoms with van der Waals surface area (Å²) in [5, 5.41) is 0. The molecule has 0 heterocycles. The van der Waals surface area contributed by atoms with E-state index in [1.54, 1.807) is 0 Å². The summed E-state index contributed by atoms with van der Waals surface area (Å²) in [5.74, 6) is -0.313. The smallest absolute Gasteiger partial charge is 0.236 e. The van der Waals surface area contributed by atoms with E-state index in [1.165, 1.54) is 11.1 Å². The fraction of sp³-hybridized carbons (Fsp3) is 0.364. The molecule has 2 N–H and O–H groups in total. The van der Waals surface area contributed by atoms with Crippen molar-refractivity contribution in [1.29, 1.82) is 0 Å². The van der Waals surface area contributed by atoms with Crippen LogP contribution in [0.2, 0.25) is 0 Å². The number of primary amides is 1. The molecular weight excluding hydrogens is 176 g/mol. The molecule has 0 atom stereocenters. The topological polar surface area (TPSA) is 46.3 Å². The molecule has 0 saturated heterocycles. The van der Waals surface area contributed by atoms with Gasteiger partial charge in [0.25, 0.3) is 0 Å². The summed E-state index contributed by atoms with van der Waals surface area (Å²) < 4.78 is 0. The summed E-state index contributed by atoms with van der Waals surface area (Å²) in [6, 6.07) is 6.17. The van der Waals surface area contributed by atoms with Gasteiger partial charge in [-0.05, 0) is 37.1 Å². The predicted octanol–water partition coefficient (Wildman–Crippen LogP) is 1.22. The van der Waals surface area contributed by atoms with Gasteiger partial charge in [0.1, 0.15) is 0 Å². The second kappa shape index (κ2) is 4.13. The van der Waals surface area contributed by atoms with Crippen LogP contribution in [0.25, 0.3) is 0 Å². The van der Waals surface area contributed by atoms with E-state index in [0.29, 0.717) is 0 Å². The number of benzene rings is 1. The first-order chi connectivity index (χ1) is 6.49. The molecular formula is C11H16N2O. The molecule has 76 valence electrons. The summed E-state index contributed by atoms with van der Waals surface area (Å²) in [7, 11) is 1.86. The monoisotopic (exact) mass is 192 g/mol. The number of aryl methyl sites for hydroxylation is 2. The molecule has 0 saturated carbocycles. The third-order valence-corrected chi connectivity index (χ3v) is 2.04. The maximum Gasteiger partial charge on any atom is 0.236 e. The van der Waals surface area contributed by atoms with Crippen molar-refractivity contribution in [2.45, 2.75) is 13.8 Å². The largest absolute Gasteiger partial charge is 0.368 e. The molecule has 0 spiro atoms. The van der Waals surface area contributed by atoms with Crippen molar-refractivity contribution in [3.8, 4) is 0 Å². The molecule has 14 heavy (non-hydrogen) atoms. The van der Waals surface area contributed by atoms with Crippen molar-refractivity contribution in [3.05, 3.63) is 29.3 Å². The van der Waals surface area contributed by atoms with Crippen molar-refractivity contribution in [3.63, 3.8) is 0 Å². The van der Waals surface area contributed by atoms with E-state index < -0.39 is 0 Å². The number of anilines is 1. The molecule has 0 aliphatic rings. The van der Waals surface area contributed by atoms with Gasteiger partial charge >= 0.3 is 0 Å². The molecule has 0 bridgehead atoms. The minimum Gasteiger partial charge on any atom is -0.368 e. The van der Waals surface area contributed by atoms with Crippen LogP contribution >= 0.6 is 0 Å². The lowest BCUT2D eigenvalue weighted by Crippen LogP contribution is -2.30. The number of nitrogens with zero attached hydrogens (tertiary/aromatic N) is 1. The lowest BCUT2D eigenvalue weighted by molar-refractivity contribution is -0.116. The lowest BCUT2D eigenvalue weighted by atomic mass is 10.1. The Morgan fingerprint density at radius 3 is 2.21 bits per heavy atom. The number of hydrogen-bond donors (Lipinski definition) is 1. The van der Waals surface area contributed by atoms with E-state index in [0.717, 1.165) is 5.69 Å². The molecule has 1 amide bonds. The van der Waals surface area contributed by atoms with Crippen LogP contribution in [0, 0.1) is 13.8 Å². The molecule has 0 unspecified atom stereocenters. The van der Waals surface area contributed by atoms with Crippen LogP contribution in [0.4, 0.5) is 5.69 Å². The van der Waals surface area contributed by atoms with Crippen molar-refractivity contribution < 1.29 is 4.79 Å². The van der Waals surface area contributed by atoms with Crippen molar-refractivity contribution in [1.82, 2.24) is 0 Å². The Bertz CT molecular complexity index is 327. The van der Waals surface area contributed by atoms with Crippen LogP contribution in [-0.2, 0) is 4.79 Å². The third kappa shape index (κ3) is 2.76. The summed E-state index contributed by atoms with van der Waals surface area (Å²) in [6.45, 7) is 4.33. The van der Waals surface area contributed by atoms with E-state index in [1.807, 2.05) is 37.9 Å². The van der Waals surface area contributed by atoms with Crippen LogP contribution < -0.4 is 10.6 Å². The Kier molecular flexibility index (Phi) is 3.12. The highest BCUT2D eigenvalue weighted by Gasteiger charge is 2.04. The number of amides is 1. The first-order valence-corrected chi connectivity index (χ1v) is 4.57. The zero-order chi connectivity index (χ0) is 10.7. The standard InChI is InChI=1S/C11H16N2O/c1-8-4-9(2)6-10(5-8)13(3)7-11(12)14/h4-6H,7H2,1-3H3,(H2,12,14). The molecule has 0 radical (unpaired) electrons. The molecule has 0 aliphatic heterocycles. The summed E-state index contributed by atoms with van der Waals surface area (Å²) in [4.78, 5) is 12.6. The van der Waals surface area contributed by atoms with Crippen molar-refractivity contribution in [2.75, 3.05) is 18.5 Å². The second-order valence-corrected chi connectivity index (χ2v) is 3.67. The number of nitrogens with two attached hydrogens (primary N) is 1. The number of hydrogen-bond acceptors (Lipinski definition) is 2. The Morgan fingerprint density at radius 2 is 1.79 bits per heavy atom. The van der Waals surface area contributed by atoms with Gasteiger partial charge in [0, 0.05) is 12.7 Å². The van der Waals surface area contributed by atoms with Crippen LogP contribution in [0.3, 0.4) is 0 Å². The summed E-state index contributed by atoms with van der Waals surface area (Å²) in [5.41, 5.74) is 8.54. The van der Waals surface area contributed by atoms with Crippen molar-refractivity contribution >= 4 is 11.6 Å². The second-order valence-electron chi connectivity index (χ2n) is 3.67. The lowest BCUT2D eigenvalue weighted by Gasteiger charge is -2.18. The maximum atomic E-state index is 10.7. The number of rotatable bonds is 3. The van der Waals surface area contributed by atoms with E-state index >= 15 is 0 Å². The Balaban J connectivity index is 2.89. The maximum absolute atomic E-state index is 10.7. The van der Waals surface area contributed by atoms with Crippen LogP contribution in [0.1, 0.15) is 11.1 Å². The predicted molar refractivity (Wildman–Crippen MR) is 58.4 cm³/mol. The summed E-state index contributed by atoms with van der Waals surface area (Å²) >= 11 is 0. The molecule has 1 aromatic carbocycles. The zero-order valence-corrected chi connectivity index (χ0v) is 8.87. The highest BCUT2D eigenvalue weighted by Crippen LogP contribution is 2.16. The first-order valence-electron chi connectivity index (χ1n) is 4.57. The van der Waals surface area contributed by atoms with E-state index in [2.05, 4.69) is 6.07 Å². The minimum atomic E-state index is -0.313. The van der Waals surface area contributed by atoms with E-state index in [9.17, 15) is 4.79 Å². The molecule has 0 aliphatic carbocycles. The minimum absolute atomic E-state index is 0.253.